The van der Waals surface area contributed by atoms with Gasteiger partial charge in [0, 0.05) is 12.1 Å². The van der Waals surface area contributed by atoms with Gasteiger partial charge in [-0.25, -0.2) is 4.79 Å². The van der Waals surface area contributed by atoms with Gasteiger partial charge in [0.25, 0.3) is 5.69 Å². The number of nitro groups is 1. The van der Waals surface area contributed by atoms with Crippen molar-refractivity contribution in [2.75, 3.05) is 0 Å². The normalized spacial score (nSPS) is 10.4. The predicted molar refractivity (Wildman–Crippen MR) is 86.2 cm³/mol. The summed E-state index contributed by atoms with van der Waals surface area (Å²) in [6.45, 7) is -0.0102. The molecular weight excluding hydrogens is 294 g/mol. The van der Waals surface area contributed by atoms with Gasteiger partial charge in [-0.05, 0) is 22.4 Å². The van der Waals surface area contributed by atoms with E-state index in [1.807, 2.05) is 30.3 Å². The molecule has 114 valence electrons. The van der Waals surface area contributed by atoms with Gasteiger partial charge in [0.15, 0.2) is 0 Å². The second kappa shape index (κ2) is 6.27. The van der Waals surface area contributed by atoms with E-state index < -0.39 is 10.9 Å². The SMILES string of the molecule is O=C(OCc1cccc([N+](=O)[O-])c1)c1cccc2ccccc12. The molecule has 3 aromatic carbocycles. The lowest BCUT2D eigenvalue weighted by molar-refractivity contribution is -0.384. The molecule has 3 rings (SSSR count). The fourth-order valence-electron chi connectivity index (χ4n) is 2.39. The van der Waals surface area contributed by atoms with Crippen LogP contribution in [0.25, 0.3) is 10.8 Å². The van der Waals surface area contributed by atoms with E-state index in [0.29, 0.717) is 11.1 Å². The molecule has 0 saturated carbocycles. The minimum Gasteiger partial charge on any atom is -0.457 e. The lowest BCUT2D eigenvalue weighted by Crippen LogP contribution is -2.06. The summed E-state index contributed by atoms with van der Waals surface area (Å²) >= 11 is 0. The third-order valence-corrected chi connectivity index (χ3v) is 3.50. The number of carbonyl (C=O) groups is 1. The highest BCUT2D eigenvalue weighted by Crippen LogP contribution is 2.20. The number of nitrogens with zero attached hydrogens (tertiary/aromatic N) is 1. The average Bonchev–Trinajstić information content (AvgIpc) is 2.59. The Morgan fingerprint density at radius 2 is 1.74 bits per heavy atom. The Labute approximate surface area is 132 Å². The van der Waals surface area contributed by atoms with E-state index in [1.165, 1.54) is 12.1 Å². The molecule has 0 aliphatic carbocycles. The number of esters is 1. The fourth-order valence-corrected chi connectivity index (χ4v) is 2.39. The number of hydrogen-bond acceptors (Lipinski definition) is 4. The first-order valence-electron chi connectivity index (χ1n) is 7.03. The van der Waals surface area contributed by atoms with E-state index in [4.69, 9.17) is 4.74 Å². The summed E-state index contributed by atoms with van der Waals surface area (Å²) in [5.41, 5.74) is 1.03. The summed E-state index contributed by atoms with van der Waals surface area (Å²) in [5, 5.41) is 12.5. The number of fused-ring (bicyclic) bond motifs is 1. The lowest BCUT2D eigenvalue weighted by Gasteiger charge is -2.07. The molecule has 0 aromatic heterocycles. The Hall–Kier alpha value is -3.21. The predicted octanol–water partition coefficient (Wildman–Crippen LogP) is 4.11. The molecule has 3 aromatic rings. The maximum Gasteiger partial charge on any atom is 0.339 e. The van der Waals surface area contributed by atoms with Crippen molar-refractivity contribution in [2.45, 2.75) is 6.61 Å². The van der Waals surface area contributed by atoms with Crippen LogP contribution in [-0.4, -0.2) is 10.9 Å². The Morgan fingerprint density at radius 1 is 1.00 bits per heavy atom. The zero-order chi connectivity index (χ0) is 16.2. The first-order valence-corrected chi connectivity index (χ1v) is 7.03. The first kappa shape index (κ1) is 14.7. The summed E-state index contributed by atoms with van der Waals surface area (Å²) in [5.74, 6) is -0.451. The van der Waals surface area contributed by atoms with Gasteiger partial charge in [-0.1, -0.05) is 48.5 Å². The number of ether oxygens (including phenoxy) is 1. The maximum atomic E-state index is 12.3. The summed E-state index contributed by atoms with van der Waals surface area (Å²) in [7, 11) is 0. The molecule has 23 heavy (non-hydrogen) atoms. The number of non-ortho nitro benzene ring substituents is 1. The Kier molecular flexibility index (Phi) is 4.01. The van der Waals surface area contributed by atoms with Gasteiger partial charge >= 0.3 is 5.97 Å². The van der Waals surface area contributed by atoms with Crippen LogP contribution < -0.4 is 0 Å². The minimum atomic E-state index is -0.476. The molecule has 0 saturated heterocycles. The van der Waals surface area contributed by atoms with Crippen LogP contribution in [0.2, 0.25) is 0 Å². The van der Waals surface area contributed by atoms with Crippen molar-refractivity contribution >= 4 is 22.4 Å². The maximum absolute atomic E-state index is 12.3. The van der Waals surface area contributed by atoms with Gasteiger partial charge < -0.3 is 4.74 Å². The molecule has 0 spiro atoms. The van der Waals surface area contributed by atoms with Crippen molar-refractivity contribution in [1.82, 2.24) is 0 Å². The van der Waals surface area contributed by atoms with Crippen molar-refractivity contribution in [1.29, 1.82) is 0 Å². The van der Waals surface area contributed by atoms with E-state index in [9.17, 15) is 14.9 Å². The van der Waals surface area contributed by atoms with E-state index in [-0.39, 0.29) is 12.3 Å². The summed E-state index contributed by atoms with van der Waals surface area (Å²) in [6, 6.07) is 19.0. The van der Waals surface area contributed by atoms with Crippen LogP contribution in [-0.2, 0) is 11.3 Å². The molecular formula is C18H13NO4. The molecule has 0 heterocycles. The van der Waals surface area contributed by atoms with Crippen molar-refractivity contribution in [3.8, 4) is 0 Å². The number of nitro benzene ring substituents is 1. The van der Waals surface area contributed by atoms with Crippen molar-refractivity contribution in [3.05, 3.63) is 88.0 Å². The number of hydrogen-bond donors (Lipinski definition) is 0. The van der Waals surface area contributed by atoms with Gasteiger partial charge in [0.2, 0.25) is 0 Å². The molecule has 0 amide bonds. The van der Waals surface area contributed by atoms with Crippen LogP contribution in [0.3, 0.4) is 0 Å². The number of rotatable bonds is 4. The molecule has 0 aliphatic heterocycles. The van der Waals surface area contributed by atoms with Crippen LogP contribution in [0.4, 0.5) is 5.69 Å². The molecule has 0 unspecified atom stereocenters. The molecule has 0 bridgehead atoms. The molecule has 0 N–H and O–H groups in total. The van der Waals surface area contributed by atoms with Gasteiger partial charge in [-0.3, -0.25) is 10.1 Å². The minimum absolute atomic E-state index is 0.0102. The van der Waals surface area contributed by atoms with E-state index >= 15 is 0 Å². The Balaban J connectivity index is 1.79. The first-order chi connectivity index (χ1) is 11.1. The Bertz CT molecular complexity index is 884. The molecule has 0 fully saturated rings. The zero-order valence-electron chi connectivity index (χ0n) is 12.1. The third kappa shape index (κ3) is 3.18. The standard InChI is InChI=1S/C18H13NO4/c20-18(17-10-4-7-14-6-1-2-9-16(14)17)23-12-13-5-3-8-15(11-13)19(21)22/h1-11H,12H2. The smallest absolute Gasteiger partial charge is 0.339 e. The van der Waals surface area contributed by atoms with E-state index in [1.54, 1.807) is 24.3 Å². The summed E-state index contributed by atoms with van der Waals surface area (Å²) < 4.78 is 5.30. The fraction of sp³-hybridized carbons (Fsp3) is 0.0556. The summed E-state index contributed by atoms with van der Waals surface area (Å²) in [4.78, 5) is 22.6. The highest BCUT2D eigenvalue weighted by molar-refractivity contribution is 6.04. The van der Waals surface area contributed by atoms with Crippen LogP contribution in [0.15, 0.2) is 66.7 Å². The second-order valence-electron chi connectivity index (χ2n) is 5.03. The van der Waals surface area contributed by atoms with Gasteiger partial charge in [0.1, 0.15) is 6.61 Å². The van der Waals surface area contributed by atoms with Crippen LogP contribution in [0, 0.1) is 10.1 Å². The average molecular weight is 307 g/mol. The molecule has 0 atom stereocenters. The molecule has 5 heteroatoms. The van der Waals surface area contributed by atoms with Gasteiger partial charge in [-0.15, -0.1) is 0 Å². The lowest BCUT2D eigenvalue weighted by atomic mass is 10.0. The van der Waals surface area contributed by atoms with E-state index in [0.717, 1.165) is 10.8 Å². The van der Waals surface area contributed by atoms with E-state index in [2.05, 4.69) is 0 Å². The highest BCUT2D eigenvalue weighted by Gasteiger charge is 2.12. The van der Waals surface area contributed by atoms with Crippen LogP contribution in [0.5, 0.6) is 0 Å². The third-order valence-electron chi connectivity index (χ3n) is 3.50. The molecule has 0 radical (unpaired) electrons. The Morgan fingerprint density at radius 3 is 2.57 bits per heavy atom. The topological polar surface area (TPSA) is 69.4 Å². The quantitative estimate of drug-likeness (QED) is 0.413. The van der Waals surface area contributed by atoms with Crippen molar-refractivity contribution in [2.24, 2.45) is 0 Å². The summed E-state index contributed by atoms with van der Waals surface area (Å²) in [6.07, 6.45) is 0. The number of benzene rings is 3. The zero-order valence-corrected chi connectivity index (χ0v) is 12.1. The van der Waals surface area contributed by atoms with Gasteiger partial charge in [0.05, 0.1) is 10.5 Å². The monoisotopic (exact) mass is 307 g/mol. The largest absolute Gasteiger partial charge is 0.457 e. The van der Waals surface area contributed by atoms with Gasteiger partial charge in [-0.2, -0.15) is 0 Å². The van der Waals surface area contributed by atoms with Crippen LogP contribution in [0.1, 0.15) is 15.9 Å². The molecule has 0 aliphatic rings. The second-order valence-corrected chi connectivity index (χ2v) is 5.03. The van der Waals surface area contributed by atoms with Crippen molar-refractivity contribution < 1.29 is 14.5 Å². The van der Waals surface area contributed by atoms with Crippen LogP contribution >= 0.6 is 0 Å². The molecule has 5 nitrogen and oxygen atoms in total. The number of carbonyl (C=O) groups excluding carboxylic acids is 1. The van der Waals surface area contributed by atoms with Crippen molar-refractivity contribution in [3.63, 3.8) is 0 Å². The highest BCUT2D eigenvalue weighted by atomic mass is 16.6.